The van der Waals surface area contributed by atoms with Gasteiger partial charge in [-0.25, -0.2) is 4.79 Å². The SMILES string of the molecule is CCCC/C=C\CCCCCCCC(=O)OCC(COC(OCC[N+](C)(C)C)C(=O)O)OC(=O)CCCCCCCCCCCCCCCCCCCCCCCCCCCCCCC/C=C\CCCCCCCCCC. The third kappa shape index (κ3) is 61.2. The van der Waals surface area contributed by atoms with E-state index in [1.54, 1.807) is 0 Å². The molecule has 454 valence electrons. The molecule has 0 aliphatic heterocycles. The lowest BCUT2D eigenvalue weighted by Gasteiger charge is -2.25. The van der Waals surface area contributed by atoms with Crippen molar-refractivity contribution in [2.24, 2.45) is 0 Å². The molecule has 1 N–H and O–H groups in total. The van der Waals surface area contributed by atoms with E-state index in [1.165, 1.54) is 244 Å². The van der Waals surface area contributed by atoms with E-state index in [-0.39, 0.29) is 32.2 Å². The fraction of sp³-hybridized carbons (Fsp3) is 0.897. The summed E-state index contributed by atoms with van der Waals surface area (Å²) >= 11 is 0. The molecule has 0 aliphatic carbocycles. The number of rotatable bonds is 63. The van der Waals surface area contributed by atoms with Crippen LogP contribution in [-0.4, -0.2) is 87.4 Å². The van der Waals surface area contributed by atoms with Crippen molar-refractivity contribution in [3.63, 3.8) is 0 Å². The average Bonchev–Trinajstić information content (AvgIpc) is 3.40. The molecule has 0 saturated carbocycles. The molecule has 0 radical (unpaired) electrons. The van der Waals surface area contributed by atoms with E-state index in [0.717, 1.165) is 64.2 Å². The molecule has 0 amide bonds. The Bertz CT molecular complexity index is 1310. The first-order valence-electron chi connectivity index (χ1n) is 33.5. The minimum atomic E-state index is -1.51. The second-order valence-corrected chi connectivity index (χ2v) is 24.1. The third-order valence-electron chi connectivity index (χ3n) is 15.2. The molecule has 2 atom stereocenters. The predicted octanol–water partition coefficient (Wildman–Crippen LogP) is 20.2. The van der Waals surface area contributed by atoms with Gasteiger partial charge in [-0.3, -0.25) is 9.59 Å². The Hall–Kier alpha value is -2.23. The lowest BCUT2D eigenvalue weighted by molar-refractivity contribution is -0.870. The Labute approximate surface area is 478 Å². The summed E-state index contributed by atoms with van der Waals surface area (Å²) in [6.07, 6.45) is 70.5. The zero-order chi connectivity index (χ0) is 56.2. The van der Waals surface area contributed by atoms with Gasteiger partial charge in [0.1, 0.15) is 13.2 Å². The molecular formula is C68H130NO8+. The van der Waals surface area contributed by atoms with Gasteiger partial charge in [-0.05, 0) is 57.8 Å². The van der Waals surface area contributed by atoms with Crippen LogP contribution in [0.4, 0.5) is 0 Å². The quantitative estimate of drug-likeness (QED) is 0.0211. The summed E-state index contributed by atoms with van der Waals surface area (Å²) in [6, 6.07) is 0. The molecular weight excluding hydrogens is 959 g/mol. The number of hydrogen-bond donors (Lipinski definition) is 1. The van der Waals surface area contributed by atoms with Crippen LogP contribution in [0.1, 0.15) is 335 Å². The largest absolute Gasteiger partial charge is 0.477 e. The number of quaternary nitrogens is 1. The van der Waals surface area contributed by atoms with Crippen LogP contribution in [-0.2, 0) is 33.3 Å². The second kappa shape index (κ2) is 59.9. The van der Waals surface area contributed by atoms with Crippen LogP contribution in [0.25, 0.3) is 0 Å². The highest BCUT2D eigenvalue weighted by atomic mass is 16.7. The molecule has 0 saturated heterocycles. The minimum Gasteiger partial charge on any atom is -0.477 e. The zero-order valence-electron chi connectivity index (χ0n) is 51.9. The predicted molar refractivity (Wildman–Crippen MR) is 328 cm³/mol. The lowest BCUT2D eigenvalue weighted by atomic mass is 10.0. The van der Waals surface area contributed by atoms with Crippen molar-refractivity contribution >= 4 is 17.9 Å². The Morgan fingerprint density at radius 1 is 0.377 bits per heavy atom. The molecule has 0 rings (SSSR count). The summed E-state index contributed by atoms with van der Waals surface area (Å²) in [5.74, 6) is -2.00. The highest BCUT2D eigenvalue weighted by molar-refractivity contribution is 5.71. The summed E-state index contributed by atoms with van der Waals surface area (Å²) in [5.41, 5.74) is 0. The number of carboxylic acids is 1. The highest BCUT2D eigenvalue weighted by Crippen LogP contribution is 2.18. The van der Waals surface area contributed by atoms with Gasteiger partial charge in [-0.15, -0.1) is 0 Å². The number of carbonyl (C=O) groups is 3. The fourth-order valence-electron chi connectivity index (χ4n) is 9.99. The van der Waals surface area contributed by atoms with E-state index < -0.39 is 24.3 Å². The van der Waals surface area contributed by atoms with Gasteiger partial charge in [0, 0.05) is 12.8 Å². The summed E-state index contributed by atoms with van der Waals surface area (Å²) in [7, 11) is 5.97. The van der Waals surface area contributed by atoms with Crippen molar-refractivity contribution < 1.29 is 42.9 Å². The Balaban J connectivity index is 3.83. The molecule has 0 heterocycles. The summed E-state index contributed by atoms with van der Waals surface area (Å²) in [5, 5.41) is 9.69. The first-order valence-corrected chi connectivity index (χ1v) is 33.5. The van der Waals surface area contributed by atoms with Crippen molar-refractivity contribution in [1.82, 2.24) is 0 Å². The Morgan fingerprint density at radius 2 is 0.675 bits per heavy atom. The van der Waals surface area contributed by atoms with E-state index in [4.69, 9.17) is 18.9 Å². The number of hydrogen-bond acceptors (Lipinski definition) is 7. The van der Waals surface area contributed by atoms with Crippen LogP contribution < -0.4 is 0 Å². The van der Waals surface area contributed by atoms with E-state index in [2.05, 4.69) is 38.2 Å². The number of unbranched alkanes of at least 4 members (excludes halogenated alkanes) is 44. The van der Waals surface area contributed by atoms with Gasteiger partial charge >= 0.3 is 17.9 Å². The molecule has 2 unspecified atom stereocenters. The van der Waals surface area contributed by atoms with Crippen molar-refractivity contribution in [3.05, 3.63) is 24.3 Å². The fourth-order valence-corrected chi connectivity index (χ4v) is 9.99. The number of esters is 2. The van der Waals surface area contributed by atoms with Crippen LogP contribution in [0.3, 0.4) is 0 Å². The van der Waals surface area contributed by atoms with Gasteiger partial charge in [-0.1, -0.05) is 289 Å². The Morgan fingerprint density at radius 3 is 1.00 bits per heavy atom. The summed E-state index contributed by atoms with van der Waals surface area (Å²) < 4.78 is 22.8. The van der Waals surface area contributed by atoms with Gasteiger partial charge in [0.25, 0.3) is 6.29 Å². The molecule has 0 aromatic rings. The smallest absolute Gasteiger partial charge is 0.361 e. The lowest BCUT2D eigenvalue weighted by Crippen LogP contribution is -2.40. The number of nitrogens with zero attached hydrogens (tertiary/aromatic N) is 1. The highest BCUT2D eigenvalue weighted by Gasteiger charge is 2.25. The van der Waals surface area contributed by atoms with Crippen LogP contribution in [0.2, 0.25) is 0 Å². The molecule has 9 nitrogen and oxygen atoms in total. The monoisotopic (exact) mass is 1090 g/mol. The minimum absolute atomic E-state index is 0.181. The van der Waals surface area contributed by atoms with Gasteiger partial charge < -0.3 is 28.5 Å². The van der Waals surface area contributed by atoms with E-state index in [1.807, 2.05) is 21.1 Å². The molecule has 0 aliphatic rings. The van der Waals surface area contributed by atoms with Crippen LogP contribution in [0, 0.1) is 0 Å². The van der Waals surface area contributed by atoms with Crippen LogP contribution in [0.15, 0.2) is 24.3 Å². The standard InChI is InChI=1S/C68H129NO8/c1-6-8-10-12-14-16-18-19-20-21-22-23-24-25-26-27-28-29-30-31-32-33-34-35-36-37-38-39-40-41-42-43-44-45-46-47-49-51-53-55-57-59-66(71)77-64(63-76-68(67(72)73)74-61-60-69(3,4)5)62-75-65(70)58-56-54-52-50-48-17-15-13-11-9-7-2/h13,15,21-22,64,68H,6-12,14,16-20,23-63H2,1-5H3/p+1/b15-13-,22-21-. The maximum atomic E-state index is 12.9. The van der Waals surface area contributed by atoms with Crippen molar-refractivity contribution in [2.75, 3.05) is 47.5 Å². The maximum Gasteiger partial charge on any atom is 0.361 e. The summed E-state index contributed by atoms with van der Waals surface area (Å²) in [4.78, 5) is 37.3. The number of ether oxygens (including phenoxy) is 4. The average molecular weight is 1090 g/mol. The van der Waals surface area contributed by atoms with Crippen LogP contribution in [0.5, 0.6) is 0 Å². The molecule has 9 heteroatoms. The second-order valence-electron chi connectivity index (χ2n) is 24.1. The van der Waals surface area contributed by atoms with E-state index >= 15 is 0 Å². The van der Waals surface area contributed by atoms with Crippen molar-refractivity contribution in [1.29, 1.82) is 0 Å². The number of carboxylic acid groups (broad SMARTS) is 1. The van der Waals surface area contributed by atoms with Gasteiger partial charge in [0.15, 0.2) is 6.10 Å². The van der Waals surface area contributed by atoms with E-state index in [0.29, 0.717) is 17.4 Å². The molecule has 0 spiro atoms. The van der Waals surface area contributed by atoms with Crippen molar-refractivity contribution in [3.8, 4) is 0 Å². The molecule has 0 fully saturated rings. The zero-order valence-corrected chi connectivity index (χ0v) is 51.9. The molecule has 0 aromatic carbocycles. The topological polar surface area (TPSA) is 108 Å². The number of likely N-dealkylation sites (N-methyl/N-ethyl adjacent to an activating group) is 1. The molecule has 77 heavy (non-hydrogen) atoms. The third-order valence-corrected chi connectivity index (χ3v) is 15.2. The van der Waals surface area contributed by atoms with Gasteiger partial charge in [-0.2, -0.15) is 0 Å². The molecule has 0 bridgehead atoms. The first-order chi connectivity index (χ1) is 37.6. The Kier molecular flexibility index (Phi) is 58.1. The molecule has 0 aromatic heterocycles. The number of allylic oxidation sites excluding steroid dienone is 4. The summed E-state index contributed by atoms with van der Waals surface area (Å²) in [6.45, 7) is 4.87. The normalized spacial score (nSPS) is 12.8. The van der Waals surface area contributed by atoms with Gasteiger partial charge in [0.05, 0.1) is 34.4 Å². The van der Waals surface area contributed by atoms with Crippen LogP contribution >= 0.6 is 0 Å². The van der Waals surface area contributed by atoms with Crippen molar-refractivity contribution in [2.45, 2.75) is 347 Å². The maximum absolute atomic E-state index is 12.9. The van der Waals surface area contributed by atoms with Gasteiger partial charge in [0.2, 0.25) is 0 Å². The first kappa shape index (κ1) is 74.8. The number of carbonyl (C=O) groups excluding carboxylic acids is 2. The number of aliphatic carboxylic acids is 1. The van der Waals surface area contributed by atoms with E-state index in [9.17, 15) is 19.5 Å².